The summed E-state index contributed by atoms with van der Waals surface area (Å²) in [5.74, 6) is -0.154. The molecule has 2 rings (SSSR count). The molecule has 0 amide bonds. The lowest BCUT2D eigenvalue weighted by Crippen LogP contribution is -1.82. The Balaban J connectivity index is 2.40. The van der Waals surface area contributed by atoms with Crippen LogP contribution in [0.1, 0.15) is 17.5 Å². The zero-order valence-corrected chi connectivity index (χ0v) is 9.57. The van der Waals surface area contributed by atoms with Crippen molar-refractivity contribution in [2.45, 2.75) is 20.3 Å². The molecule has 1 aromatic carbocycles. The van der Waals surface area contributed by atoms with Crippen molar-refractivity contribution in [2.24, 2.45) is 0 Å². The highest BCUT2D eigenvalue weighted by atomic mass is 32.1. The molecule has 0 aliphatic rings. The molecule has 15 heavy (non-hydrogen) atoms. The molecule has 0 spiro atoms. The molecule has 0 unspecified atom stereocenters. The molecule has 2 aromatic rings. The minimum Gasteiger partial charge on any atom is -0.249 e. The maximum Gasteiger partial charge on any atom is 0.126 e. The van der Waals surface area contributed by atoms with Crippen LogP contribution in [0.25, 0.3) is 10.4 Å². The van der Waals surface area contributed by atoms with Gasteiger partial charge in [-0.05, 0) is 30.5 Å². The summed E-state index contributed by atoms with van der Waals surface area (Å²) < 4.78 is 13.3. The average molecular weight is 221 g/mol. The predicted octanol–water partition coefficient (Wildman–Crippen LogP) is 3.82. The van der Waals surface area contributed by atoms with Gasteiger partial charge in [-0.1, -0.05) is 19.1 Å². The van der Waals surface area contributed by atoms with Crippen molar-refractivity contribution in [1.29, 1.82) is 0 Å². The van der Waals surface area contributed by atoms with Gasteiger partial charge in [-0.3, -0.25) is 0 Å². The maximum atomic E-state index is 13.3. The standard InChI is InChI=1S/C12H12FNS/c1-3-12-14-7-11(15-12)9-5-4-8(2)10(13)6-9/h4-7H,3H2,1-2H3. The van der Waals surface area contributed by atoms with Crippen LogP contribution in [-0.2, 0) is 6.42 Å². The highest BCUT2D eigenvalue weighted by Gasteiger charge is 2.05. The topological polar surface area (TPSA) is 12.9 Å². The van der Waals surface area contributed by atoms with Gasteiger partial charge in [0.15, 0.2) is 0 Å². The third-order valence-electron chi connectivity index (χ3n) is 2.31. The Bertz CT molecular complexity index is 476. The second kappa shape index (κ2) is 4.11. The molecule has 3 heteroatoms. The molecular formula is C12H12FNS. The van der Waals surface area contributed by atoms with Crippen molar-refractivity contribution >= 4 is 11.3 Å². The molecular weight excluding hydrogens is 209 g/mol. The SMILES string of the molecule is CCc1ncc(-c2ccc(C)c(F)c2)s1. The maximum absolute atomic E-state index is 13.3. The van der Waals surface area contributed by atoms with Crippen LogP contribution >= 0.6 is 11.3 Å². The van der Waals surface area contributed by atoms with Gasteiger partial charge < -0.3 is 0 Å². The van der Waals surface area contributed by atoms with Crippen LogP contribution < -0.4 is 0 Å². The van der Waals surface area contributed by atoms with E-state index in [1.165, 1.54) is 0 Å². The number of hydrogen-bond acceptors (Lipinski definition) is 2. The lowest BCUT2D eigenvalue weighted by molar-refractivity contribution is 0.619. The number of aryl methyl sites for hydroxylation is 2. The fourth-order valence-corrected chi connectivity index (χ4v) is 2.21. The van der Waals surface area contributed by atoms with Gasteiger partial charge in [0.1, 0.15) is 5.82 Å². The van der Waals surface area contributed by atoms with Crippen molar-refractivity contribution in [3.63, 3.8) is 0 Å². The summed E-state index contributed by atoms with van der Waals surface area (Å²) in [4.78, 5) is 5.29. The summed E-state index contributed by atoms with van der Waals surface area (Å²) in [6.07, 6.45) is 2.74. The fraction of sp³-hybridized carbons (Fsp3) is 0.250. The van der Waals surface area contributed by atoms with Crippen LogP contribution in [0.2, 0.25) is 0 Å². The van der Waals surface area contributed by atoms with Gasteiger partial charge in [0, 0.05) is 6.20 Å². The number of nitrogens with zero attached hydrogens (tertiary/aromatic N) is 1. The number of hydrogen-bond donors (Lipinski definition) is 0. The zero-order valence-electron chi connectivity index (χ0n) is 8.75. The van der Waals surface area contributed by atoms with Gasteiger partial charge in [0.25, 0.3) is 0 Å². The minimum atomic E-state index is -0.154. The first kappa shape index (κ1) is 10.3. The molecule has 78 valence electrons. The van der Waals surface area contributed by atoms with Gasteiger partial charge in [0.2, 0.25) is 0 Å². The van der Waals surface area contributed by atoms with E-state index in [0.29, 0.717) is 5.56 Å². The summed E-state index contributed by atoms with van der Waals surface area (Å²) in [5.41, 5.74) is 1.59. The van der Waals surface area contributed by atoms with Gasteiger partial charge >= 0.3 is 0 Å². The number of benzene rings is 1. The van der Waals surface area contributed by atoms with Crippen LogP contribution in [-0.4, -0.2) is 4.98 Å². The Morgan fingerprint density at radius 3 is 2.80 bits per heavy atom. The predicted molar refractivity (Wildman–Crippen MR) is 61.6 cm³/mol. The van der Waals surface area contributed by atoms with Crippen molar-refractivity contribution in [3.8, 4) is 10.4 Å². The molecule has 0 saturated carbocycles. The molecule has 1 aromatic heterocycles. The Morgan fingerprint density at radius 1 is 1.40 bits per heavy atom. The Labute approximate surface area is 92.6 Å². The minimum absolute atomic E-state index is 0.154. The van der Waals surface area contributed by atoms with E-state index in [9.17, 15) is 4.39 Å². The summed E-state index contributed by atoms with van der Waals surface area (Å²) in [5, 5.41) is 1.09. The second-order valence-electron chi connectivity index (χ2n) is 3.44. The van der Waals surface area contributed by atoms with Gasteiger partial charge in [-0.25, -0.2) is 9.37 Å². The van der Waals surface area contributed by atoms with Crippen LogP contribution in [0.5, 0.6) is 0 Å². The van der Waals surface area contributed by atoms with E-state index in [2.05, 4.69) is 11.9 Å². The third kappa shape index (κ3) is 2.07. The van der Waals surface area contributed by atoms with E-state index in [-0.39, 0.29) is 5.82 Å². The second-order valence-corrected chi connectivity index (χ2v) is 4.55. The lowest BCUT2D eigenvalue weighted by atomic mass is 10.1. The van der Waals surface area contributed by atoms with Crippen LogP contribution in [0.3, 0.4) is 0 Å². The summed E-state index contributed by atoms with van der Waals surface area (Å²) in [7, 11) is 0. The molecule has 0 atom stereocenters. The van der Waals surface area contributed by atoms with Crippen LogP contribution in [0.4, 0.5) is 4.39 Å². The average Bonchev–Trinajstić information content (AvgIpc) is 2.70. The monoisotopic (exact) mass is 221 g/mol. The zero-order chi connectivity index (χ0) is 10.8. The third-order valence-corrected chi connectivity index (χ3v) is 3.50. The van der Waals surface area contributed by atoms with E-state index in [1.807, 2.05) is 12.3 Å². The Morgan fingerprint density at radius 2 is 2.20 bits per heavy atom. The lowest BCUT2D eigenvalue weighted by Gasteiger charge is -1.99. The Hall–Kier alpha value is -1.22. The largest absolute Gasteiger partial charge is 0.249 e. The van der Waals surface area contributed by atoms with E-state index in [4.69, 9.17) is 0 Å². The summed E-state index contributed by atoms with van der Waals surface area (Å²) in [6.45, 7) is 3.83. The number of aromatic nitrogens is 1. The molecule has 0 aliphatic heterocycles. The van der Waals surface area contributed by atoms with Crippen LogP contribution in [0.15, 0.2) is 24.4 Å². The highest BCUT2D eigenvalue weighted by molar-refractivity contribution is 7.15. The molecule has 0 radical (unpaired) electrons. The number of halogens is 1. The molecule has 0 fully saturated rings. The molecule has 0 saturated heterocycles. The van der Waals surface area contributed by atoms with Gasteiger partial charge in [0.05, 0.1) is 9.88 Å². The smallest absolute Gasteiger partial charge is 0.126 e. The van der Waals surface area contributed by atoms with Crippen molar-refractivity contribution in [2.75, 3.05) is 0 Å². The summed E-state index contributed by atoms with van der Waals surface area (Å²) >= 11 is 1.62. The molecule has 0 bridgehead atoms. The van der Waals surface area contributed by atoms with Crippen molar-refractivity contribution in [3.05, 3.63) is 40.8 Å². The first-order valence-corrected chi connectivity index (χ1v) is 5.73. The normalized spacial score (nSPS) is 10.6. The van der Waals surface area contributed by atoms with Gasteiger partial charge in [-0.15, -0.1) is 11.3 Å². The van der Waals surface area contributed by atoms with Crippen LogP contribution in [0, 0.1) is 12.7 Å². The van der Waals surface area contributed by atoms with E-state index in [1.54, 1.807) is 30.4 Å². The number of thiazole rings is 1. The van der Waals surface area contributed by atoms with Crippen molar-refractivity contribution < 1.29 is 4.39 Å². The van der Waals surface area contributed by atoms with E-state index < -0.39 is 0 Å². The molecule has 0 aliphatic carbocycles. The van der Waals surface area contributed by atoms with E-state index >= 15 is 0 Å². The number of rotatable bonds is 2. The van der Waals surface area contributed by atoms with Crippen molar-refractivity contribution in [1.82, 2.24) is 4.98 Å². The molecule has 0 N–H and O–H groups in total. The molecule has 1 nitrogen and oxygen atoms in total. The quantitative estimate of drug-likeness (QED) is 0.751. The fourth-order valence-electron chi connectivity index (χ4n) is 1.35. The molecule has 1 heterocycles. The van der Waals surface area contributed by atoms with Gasteiger partial charge in [-0.2, -0.15) is 0 Å². The summed E-state index contributed by atoms with van der Waals surface area (Å²) in [6, 6.07) is 5.31. The highest BCUT2D eigenvalue weighted by Crippen LogP contribution is 2.27. The van der Waals surface area contributed by atoms with E-state index in [0.717, 1.165) is 21.9 Å². The first-order valence-electron chi connectivity index (χ1n) is 4.92. The Kier molecular flexibility index (Phi) is 2.82. The first-order chi connectivity index (χ1) is 7.20.